The number of aromatic nitrogens is 3. The average Bonchev–Trinajstić information content (AvgIpc) is 3.48. The molecule has 1 spiro atoms. The number of benzene rings is 1. The van der Waals surface area contributed by atoms with E-state index >= 15 is 0 Å². The summed E-state index contributed by atoms with van der Waals surface area (Å²) in [6.45, 7) is 19.3. The van der Waals surface area contributed by atoms with E-state index in [1.807, 2.05) is 15.8 Å². The lowest BCUT2D eigenvalue weighted by molar-refractivity contribution is -0.136. The second-order valence-electron chi connectivity index (χ2n) is 11.9. The molecule has 0 unspecified atom stereocenters. The molecular formula is C31H40N6O. The number of fused-ring (bicyclic) bond motifs is 2. The molecule has 0 atom stereocenters. The number of hydrogen-bond donors (Lipinski definition) is 0. The smallest absolute Gasteiger partial charge is 0.245 e. The van der Waals surface area contributed by atoms with Crippen molar-refractivity contribution in [2.24, 2.45) is 12.5 Å². The molecule has 6 rings (SSSR count). The van der Waals surface area contributed by atoms with Gasteiger partial charge < -0.3 is 9.80 Å². The number of hydrogen-bond acceptors (Lipinski definition) is 5. The van der Waals surface area contributed by atoms with Gasteiger partial charge in [0.15, 0.2) is 0 Å². The van der Waals surface area contributed by atoms with Gasteiger partial charge in [0, 0.05) is 62.7 Å². The zero-order valence-electron chi connectivity index (χ0n) is 23.6. The molecule has 0 bridgehead atoms. The van der Waals surface area contributed by atoms with Gasteiger partial charge in [0.2, 0.25) is 5.91 Å². The van der Waals surface area contributed by atoms with Crippen LogP contribution in [0.25, 0.3) is 22.0 Å². The predicted octanol–water partition coefficient (Wildman–Crippen LogP) is 4.55. The van der Waals surface area contributed by atoms with Crippen molar-refractivity contribution in [3.8, 4) is 11.1 Å². The lowest BCUT2D eigenvalue weighted by Gasteiger charge is -2.47. The van der Waals surface area contributed by atoms with Crippen LogP contribution in [0.15, 0.2) is 24.9 Å². The van der Waals surface area contributed by atoms with Crippen molar-refractivity contribution in [3.05, 3.63) is 52.9 Å². The third-order valence-corrected chi connectivity index (χ3v) is 9.26. The summed E-state index contributed by atoms with van der Waals surface area (Å²) in [6, 6.07) is 2.27. The van der Waals surface area contributed by atoms with Gasteiger partial charge in [-0.2, -0.15) is 5.10 Å². The fourth-order valence-corrected chi connectivity index (χ4v) is 7.19. The zero-order valence-corrected chi connectivity index (χ0v) is 23.6. The van der Waals surface area contributed by atoms with Gasteiger partial charge in [-0.25, -0.2) is 4.98 Å². The second-order valence-corrected chi connectivity index (χ2v) is 11.9. The largest absolute Gasteiger partial charge is 0.356 e. The Hall–Kier alpha value is -3.19. The third kappa shape index (κ3) is 3.85. The highest BCUT2D eigenvalue weighted by atomic mass is 16.2. The van der Waals surface area contributed by atoms with Crippen LogP contribution in [0.4, 0.5) is 5.82 Å². The number of likely N-dealkylation sites (tertiary alicyclic amines) is 1. The summed E-state index contributed by atoms with van der Waals surface area (Å²) in [5.74, 6) is 1.17. The van der Waals surface area contributed by atoms with Crippen molar-refractivity contribution < 1.29 is 4.79 Å². The summed E-state index contributed by atoms with van der Waals surface area (Å²) >= 11 is 0. The maximum Gasteiger partial charge on any atom is 0.245 e. The Morgan fingerprint density at radius 1 is 1.13 bits per heavy atom. The van der Waals surface area contributed by atoms with Crippen LogP contribution in [0.5, 0.6) is 0 Å². The summed E-state index contributed by atoms with van der Waals surface area (Å²) in [6.07, 6.45) is 6.71. The molecule has 5 heterocycles. The van der Waals surface area contributed by atoms with Crippen molar-refractivity contribution in [2.75, 3.05) is 44.2 Å². The first-order valence-corrected chi connectivity index (χ1v) is 14.1. The van der Waals surface area contributed by atoms with Crippen LogP contribution in [0.3, 0.4) is 0 Å². The summed E-state index contributed by atoms with van der Waals surface area (Å²) in [5.41, 5.74) is 10.6. The second kappa shape index (κ2) is 9.23. The maximum atomic E-state index is 12.1. The minimum Gasteiger partial charge on any atom is -0.356 e. The van der Waals surface area contributed by atoms with Gasteiger partial charge in [-0.05, 0) is 86.5 Å². The van der Waals surface area contributed by atoms with E-state index < -0.39 is 0 Å². The van der Waals surface area contributed by atoms with Crippen LogP contribution < -0.4 is 4.90 Å². The van der Waals surface area contributed by atoms with Crippen molar-refractivity contribution >= 4 is 22.6 Å². The minimum atomic E-state index is 0.0468. The summed E-state index contributed by atoms with van der Waals surface area (Å²) in [7, 11) is 2.06. The van der Waals surface area contributed by atoms with Crippen molar-refractivity contribution in [2.45, 2.75) is 53.5 Å². The van der Waals surface area contributed by atoms with Crippen molar-refractivity contribution in [1.82, 2.24) is 24.6 Å². The molecule has 38 heavy (non-hydrogen) atoms. The number of aryl methyl sites for hydroxylation is 2. The maximum absolute atomic E-state index is 12.1. The minimum absolute atomic E-state index is 0.0468. The highest BCUT2D eigenvalue weighted by Gasteiger charge is 2.49. The first-order chi connectivity index (χ1) is 18.2. The molecule has 2 saturated heterocycles. The first kappa shape index (κ1) is 25.1. The SMILES string of the molecule is C=CC(=O)N1CC2(CCN(c3nc4c(c(-c5c(C)c(C)cc6cnn(C)c56)c3C)CCN(CCC)C4)C2)C1. The lowest BCUT2D eigenvalue weighted by Crippen LogP contribution is -2.59. The Morgan fingerprint density at radius 3 is 2.66 bits per heavy atom. The quantitative estimate of drug-likeness (QED) is 0.470. The summed E-state index contributed by atoms with van der Waals surface area (Å²) < 4.78 is 2.04. The van der Waals surface area contributed by atoms with E-state index in [9.17, 15) is 4.79 Å². The number of anilines is 1. The molecule has 2 fully saturated rings. The Kier molecular flexibility index (Phi) is 6.10. The molecule has 3 aliphatic rings. The number of amides is 1. The zero-order chi connectivity index (χ0) is 26.8. The predicted molar refractivity (Wildman–Crippen MR) is 153 cm³/mol. The van der Waals surface area contributed by atoms with Crippen molar-refractivity contribution in [1.29, 1.82) is 0 Å². The van der Waals surface area contributed by atoms with Crippen LogP contribution in [0.1, 0.15) is 47.7 Å². The molecular weight excluding hydrogens is 472 g/mol. The Morgan fingerprint density at radius 2 is 1.92 bits per heavy atom. The standard InChI is InChI=1S/C31H40N6O/c1-7-11-35-12-9-24-25(16-35)33-30(36-13-10-31(17-36)18-37(19-31)26(38)8-2)22(5)27(24)28-21(4)20(3)14-23-15-32-34(6)29(23)28/h8,14-15H,2,7,9-13,16-19H2,1,3-6H3. The van der Waals surface area contributed by atoms with E-state index in [0.717, 1.165) is 70.9 Å². The normalized spacial score (nSPS) is 18.8. The number of carbonyl (C=O) groups is 1. The van der Waals surface area contributed by atoms with Crippen LogP contribution >= 0.6 is 0 Å². The van der Waals surface area contributed by atoms with E-state index in [-0.39, 0.29) is 11.3 Å². The summed E-state index contributed by atoms with van der Waals surface area (Å²) in [4.78, 5) is 24.5. The number of rotatable bonds is 5. The molecule has 0 radical (unpaired) electrons. The highest BCUT2D eigenvalue weighted by molar-refractivity contribution is 5.99. The van der Waals surface area contributed by atoms with Crippen molar-refractivity contribution in [3.63, 3.8) is 0 Å². The van der Waals surface area contributed by atoms with E-state index in [2.05, 4.69) is 62.3 Å². The molecule has 1 amide bonds. The van der Waals surface area contributed by atoms with Gasteiger partial charge in [-0.15, -0.1) is 0 Å². The molecule has 1 aromatic carbocycles. The van der Waals surface area contributed by atoms with Gasteiger partial charge in [-0.3, -0.25) is 14.4 Å². The third-order valence-electron chi connectivity index (χ3n) is 9.26. The molecule has 0 N–H and O–H groups in total. The topological polar surface area (TPSA) is 57.5 Å². The van der Waals surface area contributed by atoms with E-state index in [0.29, 0.717) is 0 Å². The van der Waals surface area contributed by atoms with E-state index in [1.54, 1.807) is 0 Å². The van der Waals surface area contributed by atoms with Crippen LogP contribution in [0, 0.1) is 26.2 Å². The van der Waals surface area contributed by atoms with E-state index in [4.69, 9.17) is 4.98 Å². The Bertz CT molecular complexity index is 1450. The van der Waals surface area contributed by atoms with Gasteiger partial charge in [-0.1, -0.05) is 13.5 Å². The number of carbonyl (C=O) groups excluding carboxylic acids is 1. The van der Waals surface area contributed by atoms with Crippen LogP contribution in [-0.2, 0) is 24.8 Å². The molecule has 3 aromatic rings. The fourth-order valence-electron chi connectivity index (χ4n) is 7.19. The summed E-state index contributed by atoms with van der Waals surface area (Å²) in [5, 5.41) is 5.85. The average molecular weight is 513 g/mol. The van der Waals surface area contributed by atoms with Gasteiger partial charge in [0.05, 0.1) is 17.4 Å². The monoisotopic (exact) mass is 512 g/mol. The lowest BCUT2D eigenvalue weighted by atomic mass is 9.79. The molecule has 0 aliphatic carbocycles. The van der Waals surface area contributed by atoms with Gasteiger partial charge >= 0.3 is 0 Å². The molecule has 0 saturated carbocycles. The van der Waals surface area contributed by atoms with Crippen LogP contribution in [0.2, 0.25) is 0 Å². The molecule has 3 aliphatic heterocycles. The van der Waals surface area contributed by atoms with Gasteiger partial charge in [0.25, 0.3) is 0 Å². The highest BCUT2D eigenvalue weighted by Crippen LogP contribution is 2.46. The Labute approximate surface area is 226 Å². The number of pyridine rings is 1. The van der Waals surface area contributed by atoms with Crippen LogP contribution in [-0.4, -0.2) is 69.7 Å². The molecule has 200 valence electrons. The molecule has 7 heteroatoms. The first-order valence-electron chi connectivity index (χ1n) is 14.1. The molecule has 2 aromatic heterocycles. The van der Waals surface area contributed by atoms with E-state index in [1.165, 1.54) is 56.1 Å². The van der Waals surface area contributed by atoms with Gasteiger partial charge in [0.1, 0.15) is 5.82 Å². The fraction of sp³-hybridized carbons (Fsp3) is 0.516. The number of nitrogens with zero attached hydrogens (tertiary/aromatic N) is 6. The Balaban J connectivity index is 1.48. The molecule has 7 nitrogen and oxygen atoms in total.